The van der Waals surface area contributed by atoms with Crippen molar-refractivity contribution in [3.8, 4) is 0 Å². The Morgan fingerprint density at radius 2 is 2.27 bits per heavy atom. The van der Waals surface area contributed by atoms with E-state index < -0.39 is 6.17 Å². The topological polar surface area (TPSA) is 20.3 Å². The summed E-state index contributed by atoms with van der Waals surface area (Å²) in [7, 11) is 0. The average molecular weight is 159 g/mol. The first-order valence-corrected chi connectivity index (χ1v) is 4.04. The fourth-order valence-electron chi connectivity index (χ4n) is 1.28. The van der Waals surface area contributed by atoms with E-state index >= 15 is 0 Å². The quantitative estimate of drug-likeness (QED) is 0.563. The van der Waals surface area contributed by atoms with Crippen LogP contribution < -0.4 is 0 Å². The van der Waals surface area contributed by atoms with Gasteiger partial charge in [0, 0.05) is 12.5 Å². The van der Waals surface area contributed by atoms with Gasteiger partial charge in [0.05, 0.1) is 6.54 Å². The van der Waals surface area contributed by atoms with Crippen molar-refractivity contribution in [2.45, 2.75) is 26.4 Å². The molecule has 0 unspecified atom stereocenters. The molecule has 1 fully saturated rings. The molecule has 2 nitrogen and oxygen atoms in total. The van der Waals surface area contributed by atoms with Gasteiger partial charge < -0.3 is 4.90 Å². The molecule has 1 atom stereocenters. The second kappa shape index (κ2) is 3.20. The number of amides is 1. The van der Waals surface area contributed by atoms with Crippen molar-refractivity contribution in [3.05, 3.63) is 0 Å². The van der Waals surface area contributed by atoms with Crippen LogP contribution in [0.1, 0.15) is 20.3 Å². The van der Waals surface area contributed by atoms with Crippen molar-refractivity contribution in [2.24, 2.45) is 5.92 Å². The molecule has 0 bridgehead atoms. The van der Waals surface area contributed by atoms with Gasteiger partial charge in [-0.2, -0.15) is 0 Å². The van der Waals surface area contributed by atoms with Crippen LogP contribution in [-0.2, 0) is 4.79 Å². The first-order valence-electron chi connectivity index (χ1n) is 4.04. The Kier molecular flexibility index (Phi) is 2.47. The maximum absolute atomic E-state index is 12.6. The van der Waals surface area contributed by atoms with Gasteiger partial charge in [0.1, 0.15) is 6.17 Å². The van der Waals surface area contributed by atoms with Crippen LogP contribution in [0.5, 0.6) is 0 Å². The Hall–Kier alpha value is -0.600. The fraction of sp³-hybridized carbons (Fsp3) is 0.875. The lowest BCUT2D eigenvalue weighted by Gasteiger charge is -2.17. The summed E-state index contributed by atoms with van der Waals surface area (Å²) >= 11 is 0. The molecule has 1 aliphatic heterocycles. The summed E-state index contributed by atoms with van der Waals surface area (Å²) in [6, 6.07) is 0. The maximum Gasteiger partial charge on any atom is 0.225 e. The summed E-state index contributed by atoms with van der Waals surface area (Å²) in [4.78, 5) is 12.9. The number of rotatable bonds is 1. The number of halogens is 1. The number of hydrogen-bond donors (Lipinski definition) is 0. The van der Waals surface area contributed by atoms with Gasteiger partial charge in [-0.05, 0) is 6.42 Å². The third-order valence-corrected chi connectivity index (χ3v) is 1.94. The molecule has 64 valence electrons. The molecule has 1 rings (SSSR count). The highest BCUT2D eigenvalue weighted by Gasteiger charge is 2.26. The molecule has 0 aliphatic carbocycles. The zero-order valence-corrected chi connectivity index (χ0v) is 7.01. The number of carbonyl (C=O) groups is 1. The Morgan fingerprint density at radius 1 is 1.64 bits per heavy atom. The number of nitrogens with zero attached hydrogens (tertiary/aromatic N) is 1. The highest BCUT2D eigenvalue weighted by molar-refractivity contribution is 5.78. The lowest BCUT2D eigenvalue weighted by molar-refractivity contribution is -0.133. The summed E-state index contributed by atoms with van der Waals surface area (Å²) < 4.78 is 12.6. The summed E-state index contributed by atoms with van der Waals surface area (Å²) in [5.74, 6) is 0.0745. The minimum Gasteiger partial charge on any atom is -0.339 e. The summed E-state index contributed by atoms with van der Waals surface area (Å²) in [6.45, 7) is 4.58. The number of likely N-dealkylation sites (tertiary alicyclic amines) is 1. The summed E-state index contributed by atoms with van der Waals surface area (Å²) in [5.41, 5.74) is 0. The zero-order chi connectivity index (χ0) is 8.43. The molecule has 0 saturated carbocycles. The Morgan fingerprint density at radius 3 is 2.64 bits per heavy atom. The van der Waals surface area contributed by atoms with Gasteiger partial charge in [0.2, 0.25) is 5.91 Å². The molecule has 0 aromatic heterocycles. The van der Waals surface area contributed by atoms with E-state index in [4.69, 9.17) is 0 Å². The van der Waals surface area contributed by atoms with Crippen molar-refractivity contribution in [1.82, 2.24) is 4.90 Å². The zero-order valence-electron chi connectivity index (χ0n) is 7.01. The summed E-state index contributed by atoms with van der Waals surface area (Å²) in [6.07, 6.45) is -0.281. The molecular weight excluding hydrogens is 145 g/mol. The van der Waals surface area contributed by atoms with Gasteiger partial charge in [-0.1, -0.05) is 13.8 Å². The van der Waals surface area contributed by atoms with E-state index in [1.54, 1.807) is 4.90 Å². The van der Waals surface area contributed by atoms with E-state index in [1.807, 2.05) is 13.8 Å². The van der Waals surface area contributed by atoms with Crippen LogP contribution in [0.25, 0.3) is 0 Å². The molecular formula is C8H14FNO. The third kappa shape index (κ3) is 1.91. The van der Waals surface area contributed by atoms with Crippen LogP contribution in [0.4, 0.5) is 4.39 Å². The maximum atomic E-state index is 12.6. The van der Waals surface area contributed by atoms with Gasteiger partial charge in [0.15, 0.2) is 0 Å². The largest absolute Gasteiger partial charge is 0.339 e. The van der Waals surface area contributed by atoms with Crippen molar-refractivity contribution < 1.29 is 9.18 Å². The van der Waals surface area contributed by atoms with E-state index in [9.17, 15) is 9.18 Å². The van der Waals surface area contributed by atoms with Gasteiger partial charge in [-0.3, -0.25) is 4.79 Å². The van der Waals surface area contributed by atoms with Crippen LogP contribution in [0.2, 0.25) is 0 Å². The SMILES string of the molecule is CC(C)C(=O)N1CC[C@@H](F)C1. The van der Waals surface area contributed by atoms with Crippen LogP contribution in [0, 0.1) is 5.92 Å². The second-order valence-corrected chi connectivity index (χ2v) is 3.32. The van der Waals surface area contributed by atoms with E-state index in [0.717, 1.165) is 0 Å². The molecule has 1 aliphatic rings. The molecule has 0 radical (unpaired) electrons. The van der Waals surface area contributed by atoms with E-state index in [1.165, 1.54) is 0 Å². The molecule has 0 aromatic carbocycles. The van der Waals surface area contributed by atoms with Crippen molar-refractivity contribution in [1.29, 1.82) is 0 Å². The van der Waals surface area contributed by atoms with Gasteiger partial charge in [-0.15, -0.1) is 0 Å². The molecule has 1 amide bonds. The number of hydrogen-bond acceptors (Lipinski definition) is 1. The predicted molar refractivity (Wildman–Crippen MR) is 40.9 cm³/mol. The monoisotopic (exact) mass is 159 g/mol. The smallest absolute Gasteiger partial charge is 0.225 e. The van der Waals surface area contributed by atoms with Gasteiger partial charge >= 0.3 is 0 Å². The van der Waals surface area contributed by atoms with Crippen molar-refractivity contribution >= 4 is 5.91 Å². The van der Waals surface area contributed by atoms with E-state index in [-0.39, 0.29) is 11.8 Å². The first-order chi connectivity index (χ1) is 5.11. The predicted octanol–water partition coefficient (Wildman–Crippen LogP) is 1.21. The van der Waals surface area contributed by atoms with Crippen LogP contribution in [0.3, 0.4) is 0 Å². The van der Waals surface area contributed by atoms with Gasteiger partial charge in [0.25, 0.3) is 0 Å². The van der Waals surface area contributed by atoms with Crippen LogP contribution in [-0.4, -0.2) is 30.1 Å². The Balaban J connectivity index is 2.43. The lowest BCUT2D eigenvalue weighted by Crippen LogP contribution is -2.32. The Labute approximate surface area is 66.4 Å². The highest BCUT2D eigenvalue weighted by Crippen LogP contribution is 2.14. The van der Waals surface area contributed by atoms with Crippen LogP contribution in [0.15, 0.2) is 0 Å². The van der Waals surface area contributed by atoms with E-state index in [0.29, 0.717) is 19.5 Å². The standard InChI is InChI=1S/C8H14FNO/c1-6(2)8(11)10-4-3-7(9)5-10/h6-7H,3-5H2,1-2H3/t7-/m1/s1. The lowest BCUT2D eigenvalue weighted by atomic mass is 10.2. The van der Waals surface area contributed by atoms with Crippen molar-refractivity contribution in [3.63, 3.8) is 0 Å². The average Bonchev–Trinajstić information content (AvgIpc) is 2.34. The van der Waals surface area contributed by atoms with Crippen LogP contribution >= 0.6 is 0 Å². The van der Waals surface area contributed by atoms with Crippen molar-refractivity contribution in [2.75, 3.05) is 13.1 Å². The number of carbonyl (C=O) groups excluding carboxylic acids is 1. The first kappa shape index (κ1) is 8.50. The molecule has 0 N–H and O–H groups in total. The molecule has 11 heavy (non-hydrogen) atoms. The highest BCUT2D eigenvalue weighted by atomic mass is 19.1. The molecule has 1 saturated heterocycles. The van der Waals surface area contributed by atoms with E-state index in [2.05, 4.69) is 0 Å². The molecule has 3 heteroatoms. The third-order valence-electron chi connectivity index (χ3n) is 1.94. The fourth-order valence-corrected chi connectivity index (χ4v) is 1.28. The molecule has 1 heterocycles. The number of alkyl halides is 1. The minimum atomic E-state index is -0.794. The molecule has 0 spiro atoms. The Bertz CT molecular complexity index is 158. The normalized spacial score (nSPS) is 24.7. The second-order valence-electron chi connectivity index (χ2n) is 3.32. The van der Waals surface area contributed by atoms with Gasteiger partial charge in [-0.25, -0.2) is 4.39 Å². The minimum absolute atomic E-state index is 0.000278. The molecule has 0 aromatic rings. The summed E-state index contributed by atoms with van der Waals surface area (Å²) in [5, 5.41) is 0.